The van der Waals surface area contributed by atoms with Crippen LogP contribution < -0.4 is 5.73 Å². The monoisotopic (exact) mass is 255 g/mol. The largest absolute Gasteiger partial charge is 0.329 e. The van der Waals surface area contributed by atoms with E-state index < -0.39 is 0 Å². The first kappa shape index (κ1) is 15.9. The van der Waals surface area contributed by atoms with Gasteiger partial charge >= 0.3 is 0 Å². The Morgan fingerprint density at radius 2 is 1.72 bits per heavy atom. The zero-order valence-electron chi connectivity index (χ0n) is 13.1. The van der Waals surface area contributed by atoms with E-state index in [0.29, 0.717) is 5.41 Å². The molecule has 2 N–H and O–H groups in total. The maximum absolute atomic E-state index is 6.17. The Balaban J connectivity index is 2.74. The van der Waals surface area contributed by atoms with Gasteiger partial charge in [0.15, 0.2) is 0 Å². The average molecular weight is 255 g/mol. The first-order valence-corrected chi connectivity index (χ1v) is 7.45. The van der Waals surface area contributed by atoms with Gasteiger partial charge in [0.1, 0.15) is 0 Å². The summed E-state index contributed by atoms with van der Waals surface area (Å²) in [7, 11) is 4.30. The number of hydrogen-bond donors (Lipinski definition) is 1. The second-order valence-electron chi connectivity index (χ2n) is 7.06. The Hall–Kier alpha value is -0.120. The van der Waals surface area contributed by atoms with Crippen LogP contribution >= 0.6 is 0 Å². The topological polar surface area (TPSA) is 32.5 Å². The SMILES string of the molecule is CCCN(CCN(C)C)C1(CN)CCC(C)(C)C1. The number of likely N-dealkylation sites (N-methyl/N-ethyl adjacent to an activating group) is 1. The second kappa shape index (κ2) is 6.36. The molecule has 0 spiro atoms. The standard InChI is InChI=1S/C15H33N3/c1-6-9-18(11-10-17(4)5)15(13-16)8-7-14(2,3)12-15/h6-13,16H2,1-5H3. The highest BCUT2D eigenvalue weighted by atomic mass is 15.2. The van der Waals surface area contributed by atoms with Gasteiger partial charge in [-0.05, 0) is 51.7 Å². The molecule has 1 atom stereocenters. The Morgan fingerprint density at radius 3 is 2.11 bits per heavy atom. The molecular weight excluding hydrogens is 222 g/mol. The fraction of sp³-hybridized carbons (Fsp3) is 1.00. The molecule has 0 saturated heterocycles. The molecule has 1 fully saturated rings. The van der Waals surface area contributed by atoms with Gasteiger partial charge in [-0.1, -0.05) is 20.8 Å². The van der Waals surface area contributed by atoms with Crippen molar-refractivity contribution in [2.75, 3.05) is 40.3 Å². The number of rotatable bonds is 7. The van der Waals surface area contributed by atoms with Gasteiger partial charge in [0.05, 0.1) is 0 Å². The molecule has 1 unspecified atom stereocenters. The lowest BCUT2D eigenvalue weighted by Crippen LogP contribution is -2.54. The van der Waals surface area contributed by atoms with Crippen molar-refractivity contribution in [2.45, 2.75) is 52.0 Å². The van der Waals surface area contributed by atoms with Crippen LogP contribution in [-0.4, -0.2) is 55.6 Å². The number of nitrogens with zero attached hydrogens (tertiary/aromatic N) is 2. The quantitative estimate of drug-likeness (QED) is 0.757. The van der Waals surface area contributed by atoms with Crippen LogP contribution in [0.5, 0.6) is 0 Å². The van der Waals surface area contributed by atoms with Gasteiger partial charge in [0.25, 0.3) is 0 Å². The normalized spacial score (nSPS) is 27.3. The van der Waals surface area contributed by atoms with Crippen LogP contribution in [0.4, 0.5) is 0 Å². The van der Waals surface area contributed by atoms with Crippen molar-refractivity contribution in [3.63, 3.8) is 0 Å². The minimum absolute atomic E-state index is 0.259. The van der Waals surface area contributed by atoms with Gasteiger partial charge in [0, 0.05) is 25.2 Å². The van der Waals surface area contributed by atoms with Gasteiger partial charge < -0.3 is 10.6 Å². The van der Waals surface area contributed by atoms with Crippen LogP contribution in [0.15, 0.2) is 0 Å². The van der Waals surface area contributed by atoms with Crippen LogP contribution in [0.3, 0.4) is 0 Å². The Labute approximate surface area is 114 Å². The Bertz CT molecular complexity index is 250. The summed E-state index contributed by atoms with van der Waals surface area (Å²) in [6.07, 6.45) is 5.05. The predicted molar refractivity (Wildman–Crippen MR) is 79.8 cm³/mol. The van der Waals surface area contributed by atoms with Gasteiger partial charge in [0.2, 0.25) is 0 Å². The van der Waals surface area contributed by atoms with E-state index in [2.05, 4.69) is 44.7 Å². The smallest absolute Gasteiger partial charge is 0.0337 e. The van der Waals surface area contributed by atoms with E-state index in [1.54, 1.807) is 0 Å². The fourth-order valence-electron chi connectivity index (χ4n) is 3.39. The number of nitrogens with two attached hydrogens (primary N) is 1. The number of hydrogen-bond acceptors (Lipinski definition) is 3. The van der Waals surface area contributed by atoms with E-state index in [1.807, 2.05) is 0 Å². The van der Waals surface area contributed by atoms with Crippen molar-refractivity contribution in [1.29, 1.82) is 0 Å². The van der Waals surface area contributed by atoms with Crippen LogP contribution in [0.1, 0.15) is 46.5 Å². The average Bonchev–Trinajstić information content (AvgIpc) is 2.61. The summed E-state index contributed by atoms with van der Waals surface area (Å²) < 4.78 is 0. The van der Waals surface area contributed by atoms with E-state index in [1.165, 1.54) is 32.2 Å². The third-order valence-corrected chi connectivity index (χ3v) is 4.44. The summed E-state index contributed by atoms with van der Waals surface area (Å²) in [5, 5.41) is 0. The third kappa shape index (κ3) is 3.94. The first-order valence-electron chi connectivity index (χ1n) is 7.45. The van der Waals surface area contributed by atoms with Crippen LogP contribution in [0.25, 0.3) is 0 Å². The molecule has 0 aromatic rings. The molecule has 1 saturated carbocycles. The van der Waals surface area contributed by atoms with Crippen LogP contribution in [0.2, 0.25) is 0 Å². The minimum Gasteiger partial charge on any atom is -0.329 e. The summed E-state index contributed by atoms with van der Waals surface area (Å²) >= 11 is 0. The van der Waals surface area contributed by atoms with Crippen LogP contribution in [-0.2, 0) is 0 Å². The van der Waals surface area contributed by atoms with Crippen molar-refractivity contribution in [2.24, 2.45) is 11.1 Å². The van der Waals surface area contributed by atoms with Crippen molar-refractivity contribution >= 4 is 0 Å². The molecule has 1 rings (SSSR count). The molecule has 1 aliphatic carbocycles. The molecule has 0 aromatic carbocycles. The Kier molecular flexibility index (Phi) is 5.63. The molecule has 18 heavy (non-hydrogen) atoms. The van der Waals surface area contributed by atoms with E-state index >= 15 is 0 Å². The predicted octanol–water partition coefficient (Wildman–Crippen LogP) is 2.17. The van der Waals surface area contributed by atoms with E-state index in [-0.39, 0.29) is 5.54 Å². The lowest BCUT2D eigenvalue weighted by atomic mass is 9.86. The van der Waals surface area contributed by atoms with E-state index in [4.69, 9.17) is 5.73 Å². The zero-order chi connectivity index (χ0) is 13.8. The summed E-state index contributed by atoms with van der Waals surface area (Å²) in [5.74, 6) is 0. The van der Waals surface area contributed by atoms with E-state index in [0.717, 1.165) is 19.6 Å². The molecule has 3 heteroatoms. The van der Waals surface area contributed by atoms with Gasteiger partial charge in [-0.3, -0.25) is 4.90 Å². The maximum atomic E-state index is 6.17. The molecule has 0 amide bonds. The summed E-state index contributed by atoms with van der Waals surface area (Å²) in [6, 6.07) is 0. The first-order chi connectivity index (χ1) is 8.35. The third-order valence-electron chi connectivity index (χ3n) is 4.44. The molecule has 0 bridgehead atoms. The molecule has 1 aliphatic rings. The molecule has 3 nitrogen and oxygen atoms in total. The lowest BCUT2D eigenvalue weighted by molar-refractivity contribution is 0.0808. The lowest BCUT2D eigenvalue weighted by Gasteiger charge is -2.42. The van der Waals surface area contributed by atoms with Gasteiger partial charge in [-0.15, -0.1) is 0 Å². The molecular formula is C15H33N3. The minimum atomic E-state index is 0.259. The summed E-state index contributed by atoms with van der Waals surface area (Å²) in [5.41, 5.74) is 6.89. The Morgan fingerprint density at radius 1 is 1.06 bits per heavy atom. The van der Waals surface area contributed by atoms with Crippen molar-refractivity contribution in [1.82, 2.24) is 9.80 Å². The van der Waals surface area contributed by atoms with Gasteiger partial charge in [-0.25, -0.2) is 0 Å². The van der Waals surface area contributed by atoms with Crippen molar-refractivity contribution < 1.29 is 0 Å². The van der Waals surface area contributed by atoms with Crippen LogP contribution in [0, 0.1) is 5.41 Å². The second-order valence-corrected chi connectivity index (χ2v) is 7.06. The molecule has 0 heterocycles. The van der Waals surface area contributed by atoms with Crippen molar-refractivity contribution in [3.8, 4) is 0 Å². The molecule has 108 valence electrons. The summed E-state index contributed by atoms with van der Waals surface area (Å²) in [4.78, 5) is 4.94. The molecule has 0 aromatic heterocycles. The maximum Gasteiger partial charge on any atom is 0.0337 e. The summed E-state index contributed by atoms with van der Waals surface area (Å²) in [6.45, 7) is 11.3. The zero-order valence-corrected chi connectivity index (χ0v) is 13.1. The van der Waals surface area contributed by atoms with Crippen molar-refractivity contribution in [3.05, 3.63) is 0 Å². The molecule has 0 radical (unpaired) electrons. The highest BCUT2D eigenvalue weighted by Gasteiger charge is 2.45. The van der Waals surface area contributed by atoms with Gasteiger partial charge in [-0.2, -0.15) is 0 Å². The highest BCUT2D eigenvalue weighted by Crippen LogP contribution is 2.46. The highest BCUT2D eigenvalue weighted by molar-refractivity contribution is 5.02. The van der Waals surface area contributed by atoms with E-state index in [9.17, 15) is 0 Å². The fourth-order valence-corrected chi connectivity index (χ4v) is 3.39. The molecule has 0 aliphatic heterocycles.